The van der Waals surface area contributed by atoms with Crippen LogP contribution in [0.2, 0.25) is 0 Å². The van der Waals surface area contributed by atoms with E-state index in [0.29, 0.717) is 0 Å². The molecule has 6 aromatic carbocycles. The first-order chi connectivity index (χ1) is 28.6. The van der Waals surface area contributed by atoms with Crippen LogP contribution >= 0.6 is 11.3 Å². The van der Waals surface area contributed by atoms with Crippen LogP contribution in [0.1, 0.15) is 0 Å². The summed E-state index contributed by atoms with van der Waals surface area (Å²) >= 11 is 1.60. The molecule has 0 atom stereocenters. The van der Waals surface area contributed by atoms with Crippen molar-refractivity contribution in [3.05, 3.63) is 176 Å². The Morgan fingerprint density at radius 1 is 0.361 bits per heavy atom. The van der Waals surface area contributed by atoms with Crippen LogP contribution < -0.4 is 31.4 Å². The number of aromatic nitrogens is 1. The first-order valence-electron chi connectivity index (χ1n) is 16.0. The molecule has 0 aliphatic heterocycles. The maximum Gasteiger partial charge on any atom is 0.277 e. The van der Waals surface area contributed by atoms with Gasteiger partial charge in [0, 0.05) is 4.73 Å². The van der Waals surface area contributed by atoms with Gasteiger partial charge in [0.25, 0.3) is 5.51 Å². The van der Waals surface area contributed by atoms with Crippen molar-refractivity contribution in [3.8, 4) is 5.75 Å². The third kappa shape index (κ3) is 6.85. The largest absolute Gasteiger partial charge is 0.277 e. The van der Waals surface area contributed by atoms with Crippen LogP contribution in [0.5, 0.6) is 5.75 Å². The zero-order valence-corrected chi connectivity index (χ0v) is 29.5. The van der Waals surface area contributed by atoms with Crippen molar-refractivity contribution in [2.45, 2.75) is 0 Å². The lowest BCUT2D eigenvalue weighted by Gasteiger charge is -2.44. The highest BCUT2D eigenvalue weighted by molar-refractivity contribution is 7.20. The number of rotatable bonds is 6. The van der Waals surface area contributed by atoms with Crippen LogP contribution in [-0.4, -0.2) is 6.15 Å². The summed E-state index contributed by atoms with van der Waals surface area (Å²) in [4.78, 5) is 5.65. The number of benzene rings is 6. The Morgan fingerprint density at radius 3 is 0.951 bits per heavy atom. The topological polar surface area (TPSA) is 13.1 Å². The Hall–Kier alpha value is -6.33. The van der Waals surface area contributed by atoms with Gasteiger partial charge >= 0.3 is 0 Å². The molecule has 0 saturated carbocycles. The molecule has 318 valence electrons. The molecule has 0 bridgehead atoms. The summed E-state index contributed by atoms with van der Waals surface area (Å²) < 4.78 is 296. The minimum absolute atomic E-state index is 0.849. The van der Waals surface area contributed by atoms with Gasteiger partial charge in [-0.25, -0.2) is 92.6 Å². The van der Waals surface area contributed by atoms with Crippen LogP contribution in [0.4, 0.5) is 87.8 Å². The molecule has 0 radical (unpaired) electrons. The first kappa shape index (κ1) is 44.2. The Kier molecular flexibility index (Phi) is 11.8. The summed E-state index contributed by atoms with van der Waals surface area (Å²) in [6.07, 6.45) is -5.33. The molecule has 0 N–H and O–H groups in total. The fourth-order valence-corrected chi connectivity index (χ4v) is 6.99. The highest BCUT2D eigenvalue weighted by Crippen LogP contribution is 2.31. The fourth-order valence-electron chi connectivity index (χ4n) is 6.50. The Labute approximate surface area is 329 Å². The number of nitrogens with zero attached hydrogens (tertiary/aromatic N) is 1. The lowest BCUT2D eigenvalue weighted by Crippen LogP contribution is -2.81. The summed E-state index contributed by atoms with van der Waals surface area (Å²) in [5, 5.41) is 4.39. The van der Waals surface area contributed by atoms with E-state index in [1.54, 1.807) is 16.1 Å². The quantitative estimate of drug-likeness (QED) is 0.0535. The number of hydrogen-bond acceptors (Lipinski definition) is 2. The van der Waals surface area contributed by atoms with E-state index in [9.17, 15) is 52.7 Å². The van der Waals surface area contributed by atoms with Gasteiger partial charge in [-0.1, -0.05) is 41.7 Å². The number of halogens is 20. The zero-order chi connectivity index (χ0) is 45.2. The predicted molar refractivity (Wildman–Crippen MR) is 174 cm³/mol. The molecule has 0 saturated heterocycles. The van der Waals surface area contributed by atoms with E-state index in [1.165, 1.54) is 10.8 Å². The van der Waals surface area contributed by atoms with E-state index in [-0.39, 0.29) is 0 Å². The molecule has 1 heterocycles. The van der Waals surface area contributed by atoms with Gasteiger partial charge in [-0.15, -0.1) is 21.9 Å². The van der Waals surface area contributed by atoms with Gasteiger partial charge < -0.3 is 0 Å². The van der Waals surface area contributed by atoms with Crippen LogP contribution in [0.25, 0.3) is 10.8 Å². The molecular formula is C37H10BF20NOS. The van der Waals surface area contributed by atoms with Gasteiger partial charge in [-0.2, -0.15) is 0 Å². The van der Waals surface area contributed by atoms with Crippen LogP contribution in [0.3, 0.4) is 0 Å². The molecule has 7 rings (SSSR count). The molecule has 0 aliphatic carbocycles. The van der Waals surface area contributed by atoms with E-state index in [1.807, 2.05) is 41.4 Å². The second-order valence-electron chi connectivity index (χ2n) is 12.3. The third-order valence-electron chi connectivity index (χ3n) is 9.09. The first-order valence-corrected chi connectivity index (χ1v) is 16.9. The van der Waals surface area contributed by atoms with Gasteiger partial charge in [-0.3, -0.25) is 0 Å². The summed E-state index contributed by atoms with van der Waals surface area (Å²) in [5.41, 5.74) is -12.4. The van der Waals surface area contributed by atoms with Crippen molar-refractivity contribution in [1.29, 1.82) is 0 Å². The monoisotopic (exact) mass is 907 g/mol. The SMILES string of the molecule is Fc1c(F)c(F)c([B-](c2c(F)c(F)c(F)c(F)c2F)(c2c(F)c(F)c(F)c(F)c2F)c2c(F)c(F)c(F)c(F)c2F)c(F)c1F.c1ccc2cc(O[n+]3ccsc3)ccc2c1. The number of fused-ring (bicyclic) bond motifs is 1. The third-order valence-corrected chi connectivity index (χ3v) is 9.70. The molecule has 0 fully saturated rings. The molecule has 0 unspecified atom stereocenters. The van der Waals surface area contributed by atoms with Crippen molar-refractivity contribution < 1.29 is 97.4 Å². The van der Waals surface area contributed by atoms with Gasteiger partial charge in [0.15, 0.2) is 69.8 Å². The average molecular weight is 907 g/mol. The lowest BCUT2D eigenvalue weighted by atomic mass is 9.12. The summed E-state index contributed by atoms with van der Waals surface area (Å²) in [7, 11) is 0. The molecule has 7 aromatic rings. The van der Waals surface area contributed by atoms with Crippen LogP contribution in [0, 0.1) is 116 Å². The summed E-state index contributed by atoms with van der Waals surface area (Å²) in [6, 6.07) is 14.3. The molecule has 24 heteroatoms. The predicted octanol–water partition coefficient (Wildman–Crippen LogP) is 8.88. The fraction of sp³-hybridized carbons (Fsp3) is 0. The normalized spacial score (nSPS) is 11.6. The van der Waals surface area contributed by atoms with E-state index in [2.05, 4.69) is 18.2 Å². The van der Waals surface area contributed by atoms with Crippen molar-refractivity contribution in [3.63, 3.8) is 0 Å². The van der Waals surface area contributed by atoms with Crippen LogP contribution in [-0.2, 0) is 0 Å². The standard InChI is InChI=1S/C24BF20.C13H10NOS/c26-5-1(6(27)14(35)21(42)13(5)34)25(2-7(28)15(36)22(43)16(37)8(2)29,3-9(30)17(38)23(44)18(39)10(3)31)4-11(32)19(40)24(45)20(41)12(4)33;1-2-4-12-9-13(6-5-11(12)3-1)15-14-7-8-16-10-14/h;1-10H/q-1;+1. The van der Waals surface area contributed by atoms with Crippen LogP contribution in [0.15, 0.2) is 59.6 Å². The second kappa shape index (κ2) is 16.3. The Bertz CT molecular complexity index is 2530. The maximum atomic E-state index is 15.4. The van der Waals surface area contributed by atoms with Crippen molar-refractivity contribution in [1.82, 2.24) is 0 Å². The van der Waals surface area contributed by atoms with Gasteiger partial charge in [0.2, 0.25) is 11.9 Å². The Balaban J connectivity index is 0.000000321. The number of thiazole rings is 1. The zero-order valence-electron chi connectivity index (χ0n) is 28.7. The van der Waals surface area contributed by atoms with Gasteiger partial charge in [0.1, 0.15) is 52.7 Å². The maximum absolute atomic E-state index is 15.4. The van der Waals surface area contributed by atoms with Crippen molar-refractivity contribution >= 4 is 50.1 Å². The molecule has 61 heavy (non-hydrogen) atoms. The molecule has 0 amide bonds. The highest BCUT2D eigenvalue weighted by Gasteiger charge is 2.52. The minimum atomic E-state index is -7.22. The average Bonchev–Trinajstić information content (AvgIpc) is 3.76. The molecule has 1 aromatic heterocycles. The smallest absolute Gasteiger partial charge is 0.231 e. The van der Waals surface area contributed by atoms with E-state index < -0.39 is 144 Å². The van der Waals surface area contributed by atoms with Gasteiger partial charge in [0.05, 0.1) is 5.38 Å². The number of hydrogen-bond donors (Lipinski definition) is 0. The summed E-state index contributed by atoms with van der Waals surface area (Å²) in [5.74, 6) is -70.6. The molecular weight excluding hydrogens is 897 g/mol. The van der Waals surface area contributed by atoms with Crippen molar-refractivity contribution in [2.75, 3.05) is 0 Å². The van der Waals surface area contributed by atoms with Gasteiger partial charge in [-0.05, 0) is 22.9 Å². The molecule has 2 nitrogen and oxygen atoms in total. The van der Waals surface area contributed by atoms with Crippen molar-refractivity contribution in [2.24, 2.45) is 0 Å². The highest BCUT2D eigenvalue weighted by atomic mass is 32.1. The minimum Gasteiger partial charge on any atom is -0.231 e. The summed E-state index contributed by atoms with van der Waals surface area (Å²) in [6.45, 7) is 0. The molecule has 0 aliphatic rings. The lowest BCUT2D eigenvalue weighted by molar-refractivity contribution is -0.871. The van der Waals surface area contributed by atoms with E-state index in [4.69, 9.17) is 4.84 Å². The Morgan fingerprint density at radius 2 is 0.656 bits per heavy atom. The second-order valence-corrected chi connectivity index (χ2v) is 13.0. The van der Waals surface area contributed by atoms with E-state index >= 15 is 35.1 Å². The molecule has 0 spiro atoms. The van der Waals surface area contributed by atoms with E-state index in [0.717, 1.165) is 5.75 Å².